The highest BCUT2D eigenvalue weighted by atomic mass is 32.2. The van der Waals surface area contributed by atoms with Crippen molar-refractivity contribution in [2.24, 2.45) is 0 Å². The van der Waals surface area contributed by atoms with Gasteiger partial charge in [-0.05, 0) is 31.0 Å². The van der Waals surface area contributed by atoms with E-state index in [1.807, 2.05) is 37.3 Å². The first-order valence-corrected chi connectivity index (χ1v) is 9.32. The fourth-order valence-corrected chi connectivity index (χ4v) is 3.48. The molecule has 0 aliphatic carbocycles. The van der Waals surface area contributed by atoms with Crippen LogP contribution >= 0.6 is 11.8 Å². The van der Waals surface area contributed by atoms with Crippen molar-refractivity contribution < 1.29 is 14.3 Å². The van der Waals surface area contributed by atoms with Crippen LogP contribution in [0.5, 0.6) is 0 Å². The Hall–Kier alpha value is -2.21. The number of aryl methyl sites for hydroxylation is 1. The zero-order valence-corrected chi connectivity index (χ0v) is 15.7. The van der Waals surface area contributed by atoms with Gasteiger partial charge in [-0.2, -0.15) is 0 Å². The summed E-state index contributed by atoms with van der Waals surface area (Å²) in [6.07, 6.45) is 1.49. The van der Waals surface area contributed by atoms with Crippen molar-refractivity contribution >= 4 is 23.6 Å². The van der Waals surface area contributed by atoms with E-state index in [-0.39, 0.29) is 5.91 Å². The van der Waals surface area contributed by atoms with Crippen molar-refractivity contribution in [2.45, 2.75) is 31.6 Å². The molecule has 0 unspecified atom stereocenters. The van der Waals surface area contributed by atoms with Crippen molar-refractivity contribution in [1.82, 2.24) is 10.3 Å². The topological polar surface area (TPSA) is 71.2 Å². The molecule has 0 spiro atoms. The molecule has 0 fully saturated rings. The molecule has 0 aliphatic heterocycles. The first-order valence-electron chi connectivity index (χ1n) is 8.34. The van der Waals surface area contributed by atoms with E-state index in [0.717, 1.165) is 17.7 Å². The van der Waals surface area contributed by atoms with Crippen LogP contribution < -0.4 is 5.32 Å². The van der Waals surface area contributed by atoms with Gasteiger partial charge in [0.1, 0.15) is 5.69 Å². The third-order valence-electron chi connectivity index (χ3n) is 3.81. The highest BCUT2D eigenvalue weighted by Gasteiger charge is 2.24. The minimum atomic E-state index is -0.407. The molecule has 2 rings (SSSR count). The van der Waals surface area contributed by atoms with E-state index in [2.05, 4.69) is 10.3 Å². The van der Waals surface area contributed by atoms with Gasteiger partial charge < -0.3 is 15.0 Å². The highest BCUT2D eigenvalue weighted by molar-refractivity contribution is 7.99. The maximum atomic E-state index is 12.5. The summed E-state index contributed by atoms with van der Waals surface area (Å²) in [5, 5.41) is 2.92. The number of carbonyl (C=O) groups is 2. The van der Waals surface area contributed by atoms with E-state index >= 15 is 0 Å². The Morgan fingerprint density at radius 2 is 1.96 bits per heavy atom. The Kier molecular flexibility index (Phi) is 7.13. The van der Waals surface area contributed by atoms with Crippen LogP contribution in [-0.2, 0) is 11.2 Å². The van der Waals surface area contributed by atoms with E-state index in [9.17, 15) is 9.59 Å². The van der Waals surface area contributed by atoms with E-state index in [0.29, 0.717) is 29.9 Å². The average molecular weight is 360 g/mol. The number of nitrogens with one attached hydrogen (secondary N) is 2. The molecular formula is C19H24N2O3S. The summed E-state index contributed by atoms with van der Waals surface area (Å²) in [4.78, 5) is 28.8. The van der Waals surface area contributed by atoms with Crippen molar-refractivity contribution in [3.8, 4) is 0 Å². The molecular weight excluding hydrogens is 336 g/mol. The zero-order chi connectivity index (χ0) is 18.2. The fraction of sp³-hybridized carbons (Fsp3) is 0.368. The summed E-state index contributed by atoms with van der Waals surface area (Å²) in [6.45, 7) is 4.35. The summed E-state index contributed by atoms with van der Waals surface area (Å²) in [5.41, 5.74) is 2.34. The number of methoxy groups -OCH3 is 1. The normalized spacial score (nSPS) is 10.5. The Morgan fingerprint density at radius 3 is 2.60 bits per heavy atom. The number of esters is 1. The summed E-state index contributed by atoms with van der Waals surface area (Å²) in [7, 11) is 1.35. The molecule has 2 aromatic rings. The van der Waals surface area contributed by atoms with Gasteiger partial charge in [0.05, 0.1) is 12.7 Å². The van der Waals surface area contributed by atoms with Gasteiger partial charge in [-0.15, -0.1) is 11.8 Å². The minimum absolute atomic E-state index is 0.185. The molecule has 2 N–H and O–H groups in total. The van der Waals surface area contributed by atoms with Crippen LogP contribution in [-0.4, -0.2) is 36.3 Å². The van der Waals surface area contributed by atoms with Gasteiger partial charge in [0.25, 0.3) is 5.91 Å². The van der Waals surface area contributed by atoms with Crippen LogP contribution in [0.4, 0.5) is 0 Å². The van der Waals surface area contributed by atoms with E-state index in [1.165, 1.54) is 12.0 Å². The van der Waals surface area contributed by atoms with Crippen LogP contribution in [0.1, 0.15) is 45.4 Å². The highest BCUT2D eigenvalue weighted by Crippen LogP contribution is 2.22. The molecule has 1 heterocycles. The molecule has 1 amide bonds. The molecule has 5 nitrogen and oxygen atoms in total. The number of thioether (sulfide) groups is 1. The molecule has 6 heteroatoms. The largest absolute Gasteiger partial charge is 0.465 e. The number of amides is 1. The van der Waals surface area contributed by atoms with Crippen LogP contribution in [0.2, 0.25) is 0 Å². The van der Waals surface area contributed by atoms with Gasteiger partial charge in [0, 0.05) is 22.9 Å². The van der Waals surface area contributed by atoms with Crippen LogP contribution in [0.3, 0.4) is 0 Å². The summed E-state index contributed by atoms with van der Waals surface area (Å²) >= 11 is 1.69. The smallest absolute Gasteiger partial charge is 0.339 e. The van der Waals surface area contributed by atoms with Gasteiger partial charge in [-0.25, -0.2) is 4.79 Å². The standard InChI is InChI=1S/C19H24N2O3S/c1-4-8-15-16(19(23)24-3)13(2)21-17(15)18(22)20-11-12-25-14-9-6-5-7-10-14/h5-7,9-10,21H,4,8,11-12H2,1-3H3,(H,20,22). The molecule has 0 bridgehead atoms. The summed E-state index contributed by atoms with van der Waals surface area (Å²) in [6, 6.07) is 10.1. The lowest BCUT2D eigenvalue weighted by atomic mass is 10.0. The van der Waals surface area contributed by atoms with Crippen molar-refractivity contribution in [1.29, 1.82) is 0 Å². The van der Waals surface area contributed by atoms with Gasteiger partial charge >= 0.3 is 5.97 Å². The third kappa shape index (κ3) is 4.89. The molecule has 0 atom stereocenters. The zero-order valence-electron chi connectivity index (χ0n) is 14.8. The van der Waals surface area contributed by atoms with Crippen molar-refractivity contribution in [2.75, 3.05) is 19.4 Å². The molecule has 134 valence electrons. The minimum Gasteiger partial charge on any atom is -0.465 e. The number of ether oxygens (including phenoxy) is 1. The average Bonchev–Trinajstić information content (AvgIpc) is 2.95. The number of hydrogen-bond acceptors (Lipinski definition) is 4. The Balaban J connectivity index is 2.02. The number of rotatable bonds is 8. The molecule has 0 aliphatic rings. The number of hydrogen-bond donors (Lipinski definition) is 2. The second-order valence-electron chi connectivity index (χ2n) is 5.64. The van der Waals surface area contributed by atoms with Gasteiger partial charge in [0.15, 0.2) is 0 Å². The second-order valence-corrected chi connectivity index (χ2v) is 6.81. The third-order valence-corrected chi connectivity index (χ3v) is 4.82. The predicted octanol–water partition coefficient (Wildman–Crippen LogP) is 3.58. The lowest BCUT2D eigenvalue weighted by Gasteiger charge is -2.07. The quantitative estimate of drug-likeness (QED) is 0.429. The molecule has 0 radical (unpaired) electrons. The van der Waals surface area contributed by atoms with E-state index in [1.54, 1.807) is 18.7 Å². The van der Waals surface area contributed by atoms with Crippen LogP contribution in [0.15, 0.2) is 35.2 Å². The number of aromatic amines is 1. The first kappa shape index (κ1) is 19.1. The molecule has 0 saturated heterocycles. The molecule has 1 aromatic heterocycles. The number of aromatic nitrogens is 1. The predicted molar refractivity (Wildman–Crippen MR) is 100 cm³/mol. The Labute approximate surface area is 152 Å². The van der Waals surface area contributed by atoms with Crippen molar-refractivity contribution in [3.63, 3.8) is 0 Å². The first-order chi connectivity index (χ1) is 12.1. The van der Waals surface area contributed by atoms with Crippen molar-refractivity contribution in [3.05, 3.63) is 52.8 Å². The summed E-state index contributed by atoms with van der Waals surface area (Å²) in [5.74, 6) is 0.189. The van der Waals surface area contributed by atoms with Crippen LogP contribution in [0, 0.1) is 6.92 Å². The molecule has 1 aromatic carbocycles. The fourth-order valence-electron chi connectivity index (χ4n) is 2.69. The maximum Gasteiger partial charge on any atom is 0.339 e. The van der Waals surface area contributed by atoms with Crippen LogP contribution in [0.25, 0.3) is 0 Å². The molecule has 0 saturated carbocycles. The second kappa shape index (κ2) is 9.32. The lowest BCUT2D eigenvalue weighted by Crippen LogP contribution is -2.27. The Bertz CT molecular complexity index is 726. The van der Waals surface area contributed by atoms with Gasteiger partial charge in [0.2, 0.25) is 0 Å². The van der Waals surface area contributed by atoms with Gasteiger partial charge in [-0.1, -0.05) is 31.5 Å². The Morgan fingerprint density at radius 1 is 1.24 bits per heavy atom. The van der Waals surface area contributed by atoms with Gasteiger partial charge in [-0.3, -0.25) is 4.79 Å². The number of carbonyl (C=O) groups excluding carboxylic acids is 2. The maximum absolute atomic E-state index is 12.5. The summed E-state index contributed by atoms with van der Waals surface area (Å²) < 4.78 is 4.85. The number of H-pyrrole nitrogens is 1. The monoisotopic (exact) mass is 360 g/mol. The van der Waals surface area contributed by atoms with E-state index in [4.69, 9.17) is 4.74 Å². The lowest BCUT2D eigenvalue weighted by molar-refractivity contribution is 0.0599. The SMILES string of the molecule is CCCc1c(C(=O)NCCSc2ccccc2)[nH]c(C)c1C(=O)OC. The van der Waals surface area contributed by atoms with E-state index < -0.39 is 5.97 Å². The molecule has 25 heavy (non-hydrogen) atoms. The number of benzene rings is 1.